The summed E-state index contributed by atoms with van der Waals surface area (Å²) < 4.78 is 16.4. The predicted molar refractivity (Wildman–Crippen MR) is 99.5 cm³/mol. The minimum Gasteiger partial charge on any atom is -0.486 e. The molecule has 2 aliphatic heterocycles. The normalized spacial score (nSPS) is 21.9. The molecule has 3 rings (SSSR count). The number of amides is 1. The van der Waals surface area contributed by atoms with E-state index in [4.69, 9.17) is 14.2 Å². The predicted octanol–water partition coefficient (Wildman–Crippen LogP) is 1.80. The molecule has 1 aromatic rings. The highest BCUT2D eigenvalue weighted by Gasteiger charge is 2.38. The lowest BCUT2D eigenvalue weighted by atomic mass is 9.98. The summed E-state index contributed by atoms with van der Waals surface area (Å²) in [4.78, 5) is 29.7. The summed E-state index contributed by atoms with van der Waals surface area (Å²) in [7, 11) is 0. The summed E-state index contributed by atoms with van der Waals surface area (Å²) in [5.41, 5.74) is 0.101. The second-order valence-corrected chi connectivity index (χ2v) is 7.96. The van der Waals surface area contributed by atoms with E-state index in [0.717, 1.165) is 5.69 Å². The number of carbonyl (C=O) groups excluding carboxylic acids is 1. The third-order valence-corrected chi connectivity index (χ3v) is 4.55. The van der Waals surface area contributed by atoms with E-state index < -0.39 is 23.7 Å². The van der Waals surface area contributed by atoms with Crippen LogP contribution in [0.2, 0.25) is 0 Å². The Morgan fingerprint density at radius 2 is 2.00 bits per heavy atom. The van der Waals surface area contributed by atoms with Gasteiger partial charge in [-0.05, 0) is 33.6 Å². The van der Waals surface area contributed by atoms with Crippen LogP contribution in [0.4, 0.5) is 4.79 Å². The van der Waals surface area contributed by atoms with E-state index in [-0.39, 0.29) is 12.6 Å². The van der Waals surface area contributed by atoms with Gasteiger partial charge in [0.2, 0.25) is 0 Å². The van der Waals surface area contributed by atoms with Crippen molar-refractivity contribution in [2.75, 3.05) is 19.8 Å². The second kappa shape index (κ2) is 8.22. The van der Waals surface area contributed by atoms with Crippen LogP contribution in [0.1, 0.15) is 39.3 Å². The van der Waals surface area contributed by atoms with E-state index in [1.807, 2.05) is 6.07 Å². The van der Waals surface area contributed by atoms with Crippen LogP contribution in [0.15, 0.2) is 12.3 Å². The summed E-state index contributed by atoms with van der Waals surface area (Å²) in [5, 5.41) is 12.8. The van der Waals surface area contributed by atoms with Crippen molar-refractivity contribution in [2.45, 2.75) is 57.8 Å². The molecule has 9 nitrogen and oxygen atoms in total. The minimum absolute atomic E-state index is 0.0573. The maximum Gasteiger partial charge on any atom is 0.411 e. The Labute approximate surface area is 164 Å². The third kappa shape index (κ3) is 5.03. The lowest BCUT2D eigenvalue weighted by Gasteiger charge is -2.38. The molecule has 0 spiro atoms. The molecule has 1 aromatic heterocycles. The molecule has 1 saturated heterocycles. The van der Waals surface area contributed by atoms with Gasteiger partial charge in [0.15, 0.2) is 11.5 Å². The first kappa shape index (κ1) is 20.2. The number of fused-ring (bicyclic) bond motifs is 1. The molecule has 2 N–H and O–H groups in total. The van der Waals surface area contributed by atoms with E-state index in [1.165, 1.54) is 4.90 Å². The molecule has 28 heavy (non-hydrogen) atoms. The first-order chi connectivity index (χ1) is 13.2. The highest BCUT2D eigenvalue weighted by Crippen LogP contribution is 2.29. The largest absolute Gasteiger partial charge is 0.486 e. The Hall–Kier alpha value is -2.55. The first-order valence-electron chi connectivity index (χ1n) is 9.43. The Morgan fingerprint density at radius 1 is 1.29 bits per heavy atom. The lowest BCUT2D eigenvalue weighted by Crippen LogP contribution is -2.56. The van der Waals surface area contributed by atoms with Gasteiger partial charge in [-0.25, -0.2) is 9.59 Å². The fraction of sp³-hybridized carbons (Fsp3) is 0.632. The number of hydrogen-bond acceptors (Lipinski definition) is 7. The van der Waals surface area contributed by atoms with Gasteiger partial charge >= 0.3 is 12.1 Å². The average molecular weight is 393 g/mol. The van der Waals surface area contributed by atoms with Crippen molar-refractivity contribution >= 4 is 12.1 Å². The zero-order valence-corrected chi connectivity index (χ0v) is 16.4. The Bertz CT molecular complexity index is 733. The summed E-state index contributed by atoms with van der Waals surface area (Å²) in [6, 6.07) is 0.897. The Morgan fingerprint density at radius 3 is 2.68 bits per heavy atom. The number of carboxylic acids is 1. The van der Waals surface area contributed by atoms with Gasteiger partial charge in [-0.15, -0.1) is 0 Å². The van der Waals surface area contributed by atoms with Gasteiger partial charge in [-0.1, -0.05) is 0 Å². The summed E-state index contributed by atoms with van der Waals surface area (Å²) in [6.45, 7) is 7.03. The van der Waals surface area contributed by atoms with Crippen LogP contribution >= 0.6 is 0 Å². The van der Waals surface area contributed by atoms with Gasteiger partial charge in [0, 0.05) is 25.2 Å². The number of carbonyl (C=O) groups is 2. The zero-order valence-electron chi connectivity index (χ0n) is 16.4. The number of pyridine rings is 1. The second-order valence-electron chi connectivity index (χ2n) is 7.96. The van der Waals surface area contributed by atoms with Crippen LogP contribution in [0.3, 0.4) is 0 Å². The molecule has 154 valence electrons. The molecule has 2 aliphatic rings. The number of aromatic nitrogens is 1. The van der Waals surface area contributed by atoms with Crippen LogP contribution in [0, 0.1) is 0 Å². The number of rotatable bonds is 4. The molecule has 9 heteroatoms. The number of hydrogen-bond donors (Lipinski definition) is 2. The fourth-order valence-electron chi connectivity index (χ4n) is 3.25. The van der Waals surface area contributed by atoms with Crippen molar-refractivity contribution in [3.05, 3.63) is 18.0 Å². The van der Waals surface area contributed by atoms with Crippen LogP contribution in [0.5, 0.6) is 11.5 Å². The molecule has 0 radical (unpaired) electrons. The SMILES string of the molecule is CC(C)(C)OC(=O)N1C[C@H](NCc2cc3c(cn2)OCCO3)CC[C@H]1C(=O)O. The highest BCUT2D eigenvalue weighted by molar-refractivity contribution is 5.80. The van der Waals surface area contributed by atoms with Gasteiger partial charge in [0.05, 0.1) is 11.9 Å². The van der Waals surface area contributed by atoms with Gasteiger partial charge in [0.25, 0.3) is 0 Å². The number of piperidine rings is 1. The number of likely N-dealkylation sites (tertiary alicyclic amines) is 1. The summed E-state index contributed by atoms with van der Waals surface area (Å²) in [6.07, 6.45) is 2.03. The van der Waals surface area contributed by atoms with Crippen molar-refractivity contribution in [3.8, 4) is 11.5 Å². The highest BCUT2D eigenvalue weighted by atomic mass is 16.6. The van der Waals surface area contributed by atoms with Crippen LogP contribution < -0.4 is 14.8 Å². The van der Waals surface area contributed by atoms with Crippen molar-refractivity contribution < 1.29 is 28.9 Å². The minimum atomic E-state index is -1.02. The third-order valence-electron chi connectivity index (χ3n) is 4.55. The number of aliphatic carboxylic acids is 1. The lowest BCUT2D eigenvalue weighted by molar-refractivity contribution is -0.144. The molecule has 3 heterocycles. The van der Waals surface area contributed by atoms with E-state index in [1.54, 1.807) is 27.0 Å². The van der Waals surface area contributed by atoms with E-state index in [0.29, 0.717) is 44.1 Å². The van der Waals surface area contributed by atoms with Crippen LogP contribution in [0.25, 0.3) is 0 Å². The van der Waals surface area contributed by atoms with Gasteiger partial charge in [-0.3, -0.25) is 9.88 Å². The molecule has 0 unspecified atom stereocenters. The van der Waals surface area contributed by atoms with Gasteiger partial charge in [0.1, 0.15) is 24.9 Å². The number of carboxylic acid groups (broad SMARTS) is 1. The molecule has 0 aromatic carbocycles. The smallest absolute Gasteiger partial charge is 0.411 e. The van der Waals surface area contributed by atoms with Crippen molar-refractivity contribution in [1.82, 2.24) is 15.2 Å². The molecule has 2 atom stereocenters. The van der Waals surface area contributed by atoms with E-state index >= 15 is 0 Å². The quantitative estimate of drug-likeness (QED) is 0.797. The monoisotopic (exact) mass is 393 g/mol. The zero-order chi connectivity index (χ0) is 20.3. The van der Waals surface area contributed by atoms with Crippen molar-refractivity contribution in [1.29, 1.82) is 0 Å². The van der Waals surface area contributed by atoms with E-state index in [9.17, 15) is 14.7 Å². The summed E-state index contributed by atoms with van der Waals surface area (Å²) >= 11 is 0. The molecular weight excluding hydrogens is 366 g/mol. The average Bonchev–Trinajstić information content (AvgIpc) is 2.64. The Kier molecular flexibility index (Phi) is 5.93. The fourth-order valence-corrected chi connectivity index (χ4v) is 3.25. The van der Waals surface area contributed by atoms with E-state index in [2.05, 4.69) is 10.3 Å². The standard InChI is InChI=1S/C19H27N3O6/c1-19(2,3)28-18(25)22-11-12(4-5-14(22)17(23)24)20-9-13-8-15-16(10-21-13)27-7-6-26-15/h8,10,12,14,20H,4-7,9,11H2,1-3H3,(H,23,24)/t12-,14+/m1/s1. The topological polar surface area (TPSA) is 110 Å². The van der Waals surface area contributed by atoms with Gasteiger partial charge in [-0.2, -0.15) is 0 Å². The van der Waals surface area contributed by atoms with Crippen molar-refractivity contribution in [2.24, 2.45) is 0 Å². The maximum atomic E-state index is 12.5. The molecule has 0 aliphatic carbocycles. The molecular formula is C19H27N3O6. The Balaban J connectivity index is 1.61. The van der Waals surface area contributed by atoms with Gasteiger partial charge < -0.3 is 24.6 Å². The first-order valence-corrected chi connectivity index (χ1v) is 9.43. The molecule has 1 amide bonds. The molecule has 0 bridgehead atoms. The van der Waals surface area contributed by atoms with Crippen molar-refractivity contribution in [3.63, 3.8) is 0 Å². The number of nitrogens with one attached hydrogen (secondary N) is 1. The molecule has 1 fully saturated rings. The molecule has 0 saturated carbocycles. The van der Waals surface area contributed by atoms with Crippen LogP contribution in [-0.4, -0.2) is 64.5 Å². The summed E-state index contributed by atoms with van der Waals surface area (Å²) in [5.74, 6) is 0.286. The van der Waals surface area contributed by atoms with Crippen LogP contribution in [-0.2, 0) is 16.1 Å². The number of ether oxygens (including phenoxy) is 3. The maximum absolute atomic E-state index is 12.5. The number of nitrogens with zero attached hydrogens (tertiary/aromatic N) is 2.